The summed E-state index contributed by atoms with van der Waals surface area (Å²) in [5.41, 5.74) is 2.79. The lowest BCUT2D eigenvalue weighted by Crippen LogP contribution is -2.13. The maximum atomic E-state index is 12.4. The second kappa shape index (κ2) is 7.20. The Morgan fingerprint density at radius 2 is 1.79 bits per heavy atom. The van der Waals surface area contributed by atoms with Crippen molar-refractivity contribution in [1.82, 2.24) is 15.2 Å². The van der Waals surface area contributed by atoms with Gasteiger partial charge in [-0.2, -0.15) is 0 Å². The smallest absolute Gasteiger partial charge is 0.209 e. The molecule has 1 atom stereocenters. The SMILES string of the molecule is Cc1ccc(-c2nc(SC(C)C(=O)c3ccc(Cl)cc3)n[nH]2)cc1. The van der Waals surface area contributed by atoms with Gasteiger partial charge in [-0.05, 0) is 38.1 Å². The zero-order valence-electron chi connectivity index (χ0n) is 13.3. The number of carbonyl (C=O) groups is 1. The fourth-order valence-corrected chi connectivity index (χ4v) is 3.13. The Morgan fingerprint density at radius 3 is 2.46 bits per heavy atom. The monoisotopic (exact) mass is 357 g/mol. The largest absolute Gasteiger partial charge is 0.293 e. The zero-order valence-corrected chi connectivity index (χ0v) is 14.9. The predicted molar refractivity (Wildman–Crippen MR) is 97.7 cm³/mol. The van der Waals surface area contributed by atoms with E-state index in [0.717, 1.165) is 5.56 Å². The topological polar surface area (TPSA) is 58.6 Å². The number of carbonyl (C=O) groups excluding carboxylic acids is 1. The molecule has 0 amide bonds. The number of aromatic nitrogens is 3. The first-order valence-corrected chi connectivity index (χ1v) is 8.74. The van der Waals surface area contributed by atoms with Gasteiger partial charge in [-0.3, -0.25) is 9.89 Å². The average Bonchev–Trinajstić information content (AvgIpc) is 3.04. The Hall–Kier alpha value is -2.11. The molecule has 2 aromatic carbocycles. The zero-order chi connectivity index (χ0) is 17.1. The Bertz CT molecular complexity index is 843. The summed E-state index contributed by atoms with van der Waals surface area (Å²) in [4.78, 5) is 16.9. The minimum absolute atomic E-state index is 0.0263. The fourth-order valence-electron chi connectivity index (χ4n) is 2.20. The number of H-pyrrole nitrogens is 1. The van der Waals surface area contributed by atoms with Crippen LogP contribution in [-0.2, 0) is 0 Å². The lowest BCUT2D eigenvalue weighted by Gasteiger charge is -2.07. The molecule has 1 N–H and O–H groups in total. The Labute approximate surface area is 149 Å². The van der Waals surface area contributed by atoms with Gasteiger partial charge >= 0.3 is 0 Å². The molecule has 0 spiro atoms. The van der Waals surface area contributed by atoms with Crippen LogP contribution < -0.4 is 0 Å². The molecule has 0 radical (unpaired) electrons. The highest BCUT2D eigenvalue weighted by atomic mass is 35.5. The van der Waals surface area contributed by atoms with Crippen LogP contribution in [0.25, 0.3) is 11.4 Å². The van der Waals surface area contributed by atoms with Gasteiger partial charge in [-0.1, -0.05) is 53.2 Å². The van der Waals surface area contributed by atoms with Gasteiger partial charge in [0.1, 0.15) is 0 Å². The van der Waals surface area contributed by atoms with Crippen LogP contribution in [0.1, 0.15) is 22.8 Å². The third-order valence-electron chi connectivity index (χ3n) is 3.57. The van der Waals surface area contributed by atoms with Gasteiger partial charge in [-0.25, -0.2) is 4.98 Å². The van der Waals surface area contributed by atoms with Crippen molar-refractivity contribution in [2.45, 2.75) is 24.3 Å². The number of Topliss-reactive ketones (excluding diaryl/α,β-unsaturated/α-hetero) is 1. The van der Waals surface area contributed by atoms with Gasteiger partial charge in [0, 0.05) is 16.1 Å². The van der Waals surface area contributed by atoms with Crippen molar-refractivity contribution < 1.29 is 4.79 Å². The quantitative estimate of drug-likeness (QED) is 0.526. The molecule has 3 rings (SSSR count). The molecule has 0 aliphatic rings. The lowest BCUT2D eigenvalue weighted by molar-refractivity contribution is 0.0994. The number of benzene rings is 2. The van der Waals surface area contributed by atoms with Crippen LogP contribution in [0.4, 0.5) is 0 Å². The number of halogens is 1. The van der Waals surface area contributed by atoms with Crippen LogP contribution in [0.15, 0.2) is 53.7 Å². The molecule has 0 saturated carbocycles. The second-order valence-corrected chi connectivity index (χ2v) is 7.21. The minimum Gasteiger partial charge on any atom is -0.293 e. The van der Waals surface area contributed by atoms with Crippen molar-refractivity contribution >= 4 is 29.1 Å². The molecule has 1 heterocycles. The Balaban J connectivity index is 1.70. The molecule has 24 heavy (non-hydrogen) atoms. The van der Waals surface area contributed by atoms with Crippen LogP contribution in [0.2, 0.25) is 5.02 Å². The first-order valence-electron chi connectivity index (χ1n) is 7.49. The van der Waals surface area contributed by atoms with E-state index in [0.29, 0.717) is 21.6 Å². The number of thioether (sulfide) groups is 1. The van der Waals surface area contributed by atoms with Gasteiger partial charge in [-0.15, -0.1) is 5.10 Å². The number of nitrogens with one attached hydrogen (secondary N) is 1. The van der Waals surface area contributed by atoms with Gasteiger partial charge in [0.25, 0.3) is 0 Å². The first kappa shape index (κ1) is 16.7. The number of aromatic amines is 1. The molecule has 122 valence electrons. The summed E-state index contributed by atoms with van der Waals surface area (Å²) in [5, 5.41) is 8.01. The van der Waals surface area contributed by atoms with Crippen molar-refractivity contribution in [1.29, 1.82) is 0 Å². The summed E-state index contributed by atoms with van der Waals surface area (Å²) in [6, 6.07) is 14.9. The first-order chi connectivity index (χ1) is 11.5. The second-order valence-electron chi connectivity index (χ2n) is 5.46. The molecule has 0 aliphatic carbocycles. The van der Waals surface area contributed by atoms with E-state index in [1.165, 1.54) is 17.3 Å². The van der Waals surface area contributed by atoms with E-state index in [2.05, 4.69) is 15.2 Å². The predicted octanol–water partition coefficient (Wildman–Crippen LogP) is 4.80. The minimum atomic E-state index is -0.284. The summed E-state index contributed by atoms with van der Waals surface area (Å²) in [7, 11) is 0. The number of nitrogens with zero attached hydrogens (tertiary/aromatic N) is 2. The molecular weight excluding hydrogens is 342 g/mol. The highest BCUT2D eigenvalue weighted by Crippen LogP contribution is 2.25. The molecule has 1 aromatic heterocycles. The van der Waals surface area contributed by atoms with Crippen LogP contribution in [-0.4, -0.2) is 26.2 Å². The van der Waals surface area contributed by atoms with E-state index < -0.39 is 0 Å². The molecule has 0 fully saturated rings. The van der Waals surface area contributed by atoms with Crippen molar-refractivity contribution in [3.05, 3.63) is 64.7 Å². The maximum absolute atomic E-state index is 12.4. The highest BCUT2D eigenvalue weighted by molar-refractivity contribution is 8.00. The number of ketones is 1. The van der Waals surface area contributed by atoms with Gasteiger partial charge in [0.2, 0.25) is 5.16 Å². The number of aryl methyl sites for hydroxylation is 1. The molecule has 3 aromatic rings. The molecule has 4 nitrogen and oxygen atoms in total. The van der Waals surface area contributed by atoms with E-state index in [-0.39, 0.29) is 11.0 Å². The summed E-state index contributed by atoms with van der Waals surface area (Å²) >= 11 is 7.19. The molecule has 0 aliphatic heterocycles. The standard InChI is InChI=1S/C18H16ClN3OS/c1-11-3-5-14(6-4-11)17-20-18(22-21-17)24-12(2)16(23)13-7-9-15(19)10-8-13/h3-10,12H,1-2H3,(H,20,21,22). The van der Waals surface area contributed by atoms with E-state index >= 15 is 0 Å². The average molecular weight is 358 g/mol. The maximum Gasteiger partial charge on any atom is 0.209 e. The van der Waals surface area contributed by atoms with Crippen LogP contribution >= 0.6 is 23.4 Å². The van der Waals surface area contributed by atoms with E-state index in [1.54, 1.807) is 24.3 Å². The Kier molecular flexibility index (Phi) is 5.02. The van der Waals surface area contributed by atoms with Crippen LogP contribution in [0.3, 0.4) is 0 Å². The van der Waals surface area contributed by atoms with Crippen LogP contribution in [0.5, 0.6) is 0 Å². The van der Waals surface area contributed by atoms with Gasteiger partial charge < -0.3 is 0 Å². The molecule has 0 saturated heterocycles. The fraction of sp³-hybridized carbons (Fsp3) is 0.167. The van der Waals surface area contributed by atoms with Crippen LogP contribution in [0, 0.1) is 6.92 Å². The lowest BCUT2D eigenvalue weighted by atomic mass is 10.1. The summed E-state index contributed by atoms with van der Waals surface area (Å²) in [6.07, 6.45) is 0. The Morgan fingerprint density at radius 1 is 1.12 bits per heavy atom. The van der Waals surface area contributed by atoms with Crippen molar-refractivity contribution in [3.63, 3.8) is 0 Å². The summed E-state index contributed by atoms with van der Waals surface area (Å²) < 4.78 is 0. The summed E-state index contributed by atoms with van der Waals surface area (Å²) in [6.45, 7) is 3.89. The molecule has 6 heteroatoms. The number of hydrogen-bond acceptors (Lipinski definition) is 4. The number of rotatable bonds is 5. The third kappa shape index (κ3) is 3.86. The van der Waals surface area contributed by atoms with E-state index in [1.807, 2.05) is 38.1 Å². The van der Waals surface area contributed by atoms with Crippen molar-refractivity contribution in [2.24, 2.45) is 0 Å². The normalized spacial score (nSPS) is 12.1. The summed E-state index contributed by atoms with van der Waals surface area (Å²) in [5.74, 6) is 0.724. The highest BCUT2D eigenvalue weighted by Gasteiger charge is 2.19. The van der Waals surface area contributed by atoms with E-state index in [9.17, 15) is 4.79 Å². The molecule has 1 unspecified atom stereocenters. The molecule has 0 bridgehead atoms. The van der Waals surface area contributed by atoms with Gasteiger partial charge in [0.05, 0.1) is 5.25 Å². The molecular formula is C18H16ClN3OS. The number of hydrogen-bond donors (Lipinski definition) is 1. The van der Waals surface area contributed by atoms with Crippen molar-refractivity contribution in [2.75, 3.05) is 0 Å². The van der Waals surface area contributed by atoms with Gasteiger partial charge in [0.15, 0.2) is 11.6 Å². The third-order valence-corrected chi connectivity index (χ3v) is 4.78. The van der Waals surface area contributed by atoms with Crippen molar-refractivity contribution in [3.8, 4) is 11.4 Å². The van der Waals surface area contributed by atoms with E-state index in [4.69, 9.17) is 11.6 Å².